The third kappa shape index (κ3) is 4.77. The number of benzene rings is 2. The normalized spacial score (nSPS) is 11.3. The van der Waals surface area contributed by atoms with Gasteiger partial charge in [-0.2, -0.15) is 0 Å². The van der Waals surface area contributed by atoms with Gasteiger partial charge in [0.05, 0.1) is 17.1 Å². The third-order valence-electron chi connectivity index (χ3n) is 5.27. The smallest absolute Gasteiger partial charge is 0.325 e. The van der Waals surface area contributed by atoms with Crippen LogP contribution in [-0.2, 0) is 5.60 Å². The summed E-state index contributed by atoms with van der Waals surface area (Å²) in [6, 6.07) is 17.7. The molecule has 2 heterocycles. The monoisotopic (exact) mass is 457 g/mol. The predicted molar refractivity (Wildman–Crippen MR) is 129 cm³/mol. The summed E-state index contributed by atoms with van der Waals surface area (Å²) in [7, 11) is 0. The number of urea groups is 1. The molecule has 4 rings (SSSR count). The molecular weight excluding hydrogens is 433 g/mol. The van der Waals surface area contributed by atoms with Gasteiger partial charge in [0.25, 0.3) is 0 Å². The summed E-state index contributed by atoms with van der Waals surface area (Å²) in [5.74, 6) is 0.269. The minimum Gasteiger partial charge on any atom is -0.382 e. The maximum absolute atomic E-state index is 13.3. The Hall–Kier alpha value is -4.17. The van der Waals surface area contributed by atoms with E-state index in [9.17, 15) is 14.3 Å². The summed E-state index contributed by atoms with van der Waals surface area (Å²) >= 11 is 0. The molecule has 0 fully saturated rings. The second-order valence-electron chi connectivity index (χ2n) is 8.39. The third-order valence-corrected chi connectivity index (χ3v) is 5.27. The number of carbonyl (C=O) groups excluding carboxylic acids is 1. The molecule has 0 aliphatic carbocycles. The molecule has 0 aliphatic heterocycles. The van der Waals surface area contributed by atoms with Gasteiger partial charge in [-0.1, -0.05) is 18.2 Å². The highest BCUT2D eigenvalue weighted by molar-refractivity contribution is 5.99. The van der Waals surface area contributed by atoms with Crippen molar-refractivity contribution in [2.24, 2.45) is 5.73 Å². The molecule has 0 atom stereocenters. The topological polar surface area (TPSA) is 105 Å². The molecule has 8 heteroatoms. The van der Waals surface area contributed by atoms with Crippen LogP contribution in [0.5, 0.6) is 0 Å². The Kier molecular flexibility index (Phi) is 6.08. The molecular formula is C26H24FN5O2. The number of halogens is 1. The van der Waals surface area contributed by atoms with Crippen molar-refractivity contribution in [2.45, 2.75) is 26.4 Å². The number of nitrogens with zero attached hydrogens (tertiary/aromatic N) is 4. The molecule has 0 saturated carbocycles. The van der Waals surface area contributed by atoms with Gasteiger partial charge in [-0.05, 0) is 74.9 Å². The molecule has 4 aromatic rings. The predicted octanol–water partition coefficient (Wildman–Crippen LogP) is 5.10. The molecule has 0 bridgehead atoms. The lowest BCUT2D eigenvalue weighted by atomic mass is 10.0. The Morgan fingerprint density at radius 3 is 2.32 bits per heavy atom. The van der Waals surface area contributed by atoms with E-state index in [1.807, 2.05) is 19.1 Å². The van der Waals surface area contributed by atoms with E-state index in [-0.39, 0.29) is 11.6 Å². The number of nitrogens with two attached hydrogens (primary N) is 1. The highest BCUT2D eigenvalue weighted by Crippen LogP contribution is 2.33. The van der Waals surface area contributed by atoms with E-state index in [2.05, 4.69) is 15.0 Å². The lowest BCUT2D eigenvalue weighted by molar-refractivity contribution is 0.0688. The lowest BCUT2D eigenvalue weighted by Crippen LogP contribution is -2.32. The fraction of sp³-hybridized carbons (Fsp3) is 0.154. The first-order chi connectivity index (χ1) is 16.1. The molecule has 0 unspecified atom stereocenters. The summed E-state index contributed by atoms with van der Waals surface area (Å²) < 4.78 is 13.3. The van der Waals surface area contributed by atoms with Crippen molar-refractivity contribution < 1.29 is 14.3 Å². The van der Waals surface area contributed by atoms with E-state index < -0.39 is 11.6 Å². The molecule has 2 amide bonds. The fourth-order valence-electron chi connectivity index (χ4n) is 3.51. The highest BCUT2D eigenvalue weighted by Gasteiger charge is 2.22. The van der Waals surface area contributed by atoms with Crippen LogP contribution in [0.4, 0.5) is 20.7 Å². The SMILES string of the molecule is Cc1ccc(-c2ccnc(C(C)(C)O)n2)cc1N(C(N)=O)c1cccc(-c2ccc(F)cc2)n1. The van der Waals surface area contributed by atoms with Crippen molar-refractivity contribution >= 4 is 17.5 Å². The number of aryl methyl sites for hydroxylation is 1. The quantitative estimate of drug-likeness (QED) is 0.434. The van der Waals surface area contributed by atoms with Crippen LogP contribution in [0, 0.1) is 12.7 Å². The van der Waals surface area contributed by atoms with Crippen LogP contribution in [0.2, 0.25) is 0 Å². The minimum atomic E-state index is -1.20. The maximum atomic E-state index is 13.3. The van der Waals surface area contributed by atoms with Gasteiger partial charge in [-0.3, -0.25) is 0 Å². The Bertz CT molecular complexity index is 1350. The van der Waals surface area contributed by atoms with Gasteiger partial charge in [-0.15, -0.1) is 0 Å². The first-order valence-corrected chi connectivity index (χ1v) is 10.6. The summed E-state index contributed by atoms with van der Waals surface area (Å²) in [4.78, 5) is 27.1. The average molecular weight is 458 g/mol. The first-order valence-electron chi connectivity index (χ1n) is 10.6. The van der Waals surface area contributed by atoms with Gasteiger partial charge >= 0.3 is 6.03 Å². The molecule has 2 aromatic heterocycles. The first kappa shape index (κ1) is 23.0. The largest absolute Gasteiger partial charge is 0.382 e. The van der Waals surface area contributed by atoms with Crippen LogP contribution in [0.3, 0.4) is 0 Å². The molecule has 34 heavy (non-hydrogen) atoms. The number of rotatable bonds is 5. The molecule has 172 valence electrons. The number of hydrogen-bond donors (Lipinski definition) is 2. The van der Waals surface area contributed by atoms with E-state index in [1.54, 1.807) is 62.5 Å². The number of anilines is 2. The zero-order chi connectivity index (χ0) is 24.5. The van der Waals surface area contributed by atoms with Crippen molar-refractivity contribution in [3.8, 4) is 22.5 Å². The molecule has 0 saturated heterocycles. The Balaban J connectivity index is 1.79. The van der Waals surface area contributed by atoms with Crippen LogP contribution in [0.25, 0.3) is 22.5 Å². The van der Waals surface area contributed by atoms with E-state index >= 15 is 0 Å². The molecule has 3 N–H and O–H groups in total. The maximum Gasteiger partial charge on any atom is 0.325 e. The lowest BCUT2D eigenvalue weighted by Gasteiger charge is -2.23. The van der Waals surface area contributed by atoms with Crippen molar-refractivity contribution in [1.29, 1.82) is 0 Å². The van der Waals surface area contributed by atoms with Crippen LogP contribution >= 0.6 is 0 Å². The molecule has 0 aliphatic rings. The minimum absolute atomic E-state index is 0.285. The fourth-order valence-corrected chi connectivity index (χ4v) is 3.51. The van der Waals surface area contributed by atoms with Crippen molar-refractivity contribution in [3.05, 3.63) is 90.1 Å². The highest BCUT2D eigenvalue weighted by atomic mass is 19.1. The van der Waals surface area contributed by atoms with Gasteiger partial charge in [0, 0.05) is 17.3 Å². The number of carbonyl (C=O) groups is 1. The van der Waals surface area contributed by atoms with Gasteiger partial charge < -0.3 is 10.8 Å². The number of primary amides is 1. The van der Waals surface area contributed by atoms with Gasteiger partial charge in [0.15, 0.2) is 5.82 Å². The van der Waals surface area contributed by atoms with Crippen molar-refractivity contribution in [1.82, 2.24) is 15.0 Å². The summed E-state index contributed by atoms with van der Waals surface area (Å²) in [5.41, 5.74) is 8.51. The molecule has 2 aromatic carbocycles. The van der Waals surface area contributed by atoms with E-state index in [0.717, 1.165) is 11.1 Å². The number of aliphatic hydroxyl groups is 1. The Morgan fingerprint density at radius 1 is 0.971 bits per heavy atom. The molecule has 7 nitrogen and oxygen atoms in total. The van der Waals surface area contributed by atoms with Gasteiger partial charge in [0.1, 0.15) is 17.2 Å². The number of amides is 2. The second kappa shape index (κ2) is 8.99. The second-order valence-corrected chi connectivity index (χ2v) is 8.39. The summed E-state index contributed by atoms with van der Waals surface area (Å²) in [6.07, 6.45) is 1.58. The van der Waals surface area contributed by atoms with Crippen molar-refractivity contribution in [3.63, 3.8) is 0 Å². The van der Waals surface area contributed by atoms with Crippen LogP contribution in [0.1, 0.15) is 25.2 Å². The van der Waals surface area contributed by atoms with E-state index in [0.29, 0.717) is 28.5 Å². The van der Waals surface area contributed by atoms with Gasteiger partial charge in [-0.25, -0.2) is 29.0 Å². The van der Waals surface area contributed by atoms with Gasteiger partial charge in [0.2, 0.25) is 0 Å². The molecule has 0 spiro atoms. The van der Waals surface area contributed by atoms with Crippen LogP contribution < -0.4 is 10.6 Å². The van der Waals surface area contributed by atoms with E-state index in [1.165, 1.54) is 17.0 Å². The summed E-state index contributed by atoms with van der Waals surface area (Å²) in [5, 5.41) is 10.3. The van der Waals surface area contributed by atoms with Crippen LogP contribution in [0.15, 0.2) is 72.9 Å². The van der Waals surface area contributed by atoms with Crippen molar-refractivity contribution in [2.75, 3.05) is 4.90 Å². The Labute approximate surface area is 196 Å². The standard InChI is InChI=1S/C26H24FN5O2/c1-16-7-8-18(21-13-14-29-24(31-21)26(2,3)34)15-22(16)32(25(28)33)23-6-4-5-20(30-23)17-9-11-19(27)12-10-17/h4-15,34H,1-3H3,(H2,28,33). The number of aromatic nitrogens is 3. The zero-order valence-electron chi connectivity index (χ0n) is 19.0. The molecule has 0 radical (unpaired) electrons. The number of hydrogen-bond acceptors (Lipinski definition) is 5. The van der Waals surface area contributed by atoms with Crippen LogP contribution in [-0.4, -0.2) is 26.1 Å². The summed E-state index contributed by atoms with van der Waals surface area (Å²) in [6.45, 7) is 5.09. The zero-order valence-corrected chi connectivity index (χ0v) is 19.0. The number of pyridine rings is 1. The average Bonchev–Trinajstić information content (AvgIpc) is 2.80. The Morgan fingerprint density at radius 2 is 1.65 bits per heavy atom. The van der Waals surface area contributed by atoms with E-state index in [4.69, 9.17) is 5.73 Å².